The van der Waals surface area contributed by atoms with Gasteiger partial charge in [0.25, 0.3) is 0 Å². The van der Waals surface area contributed by atoms with Crippen molar-refractivity contribution in [1.82, 2.24) is 9.62 Å². The van der Waals surface area contributed by atoms with Gasteiger partial charge in [-0.1, -0.05) is 6.92 Å². The van der Waals surface area contributed by atoms with Gasteiger partial charge in [-0.25, -0.2) is 8.42 Å². The first kappa shape index (κ1) is 16.0. The first-order valence-electron chi connectivity index (χ1n) is 6.97. The minimum Gasteiger partial charge on any atom is -0.452 e. The molecule has 1 aliphatic heterocycles. The molecule has 0 aliphatic carbocycles. The molecule has 0 amide bonds. The van der Waals surface area contributed by atoms with Crippen molar-refractivity contribution >= 4 is 26.0 Å². The number of hydrogen-bond donors (Lipinski definition) is 1. The molecule has 1 atom stereocenters. The van der Waals surface area contributed by atoms with Gasteiger partial charge >= 0.3 is 0 Å². The molecule has 1 fully saturated rings. The molecular weight excluding hydrogens is 344 g/mol. The Morgan fingerprint density at radius 3 is 2.90 bits per heavy atom. The summed E-state index contributed by atoms with van der Waals surface area (Å²) >= 11 is 3.23. The van der Waals surface area contributed by atoms with Gasteiger partial charge in [0, 0.05) is 18.7 Å². The quantitative estimate of drug-likeness (QED) is 0.788. The van der Waals surface area contributed by atoms with Gasteiger partial charge in [0.2, 0.25) is 10.0 Å². The normalized spacial score (nSPS) is 20.6. The van der Waals surface area contributed by atoms with E-state index in [4.69, 9.17) is 4.42 Å². The third-order valence-corrected chi connectivity index (χ3v) is 6.38. The first-order valence-corrected chi connectivity index (χ1v) is 9.21. The molecule has 1 aromatic heterocycles. The molecule has 7 heteroatoms. The van der Waals surface area contributed by atoms with Crippen LogP contribution in [-0.2, 0) is 16.6 Å². The summed E-state index contributed by atoms with van der Waals surface area (Å²) in [6, 6.07) is 1.68. The Hall–Kier alpha value is -0.370. The van der Waals surface area contributed by atoms with Gasteiger partial charge in [-0.05, 0) is 48.7 Å². The van der Waals surface area contributed by atoms with Crippen molar-refractivity contribution in [3.05, 3.63) is 16.5 Å². The lowest BCUT2D eigenvalue weighted by molar-refractivity contribution is 0.405. The summed E-state index contributed by atoms with van der Waals surface area (Å²) in [4.78, 5) is 0.236. The van der Waals surface area contributed by atoms with Crippen LogP contribution in [0.2, 0.25) is 0 Å². The van der Waals surface area contributed by atoms with Gasteiger partial charge in [0.1, 0.15) is 10.7 Å². The topological polar surface area (TPSA) is 62.6 Å². The third kappa shape index (κ3) is 3.27. The van der Waals surface area contributed by atoms with Crippen molar-refractivity contribution in [2.75, 3.05) is 13.1 Å². The van der Waals surface area contributed by atoms with Crippen molar-refractivity contribution < 1.29 is 12.8 Å². The van der Waals surface area contributed by atoms with E-state index in [2.05, 4.69) is 28.2 Å². The maximum atomic E-state index is 12.6. The smallest absolute Gasteiger partial charge is 0.247 e. The van der Waals surface area contributed by atoms with E-state index in [1.165, 1.54) is 0 Å². The molecule has 114 valence electrons. The Morgan fingerprint density at radius 1 is 1.55 bits per heavy atom. The molecule has 1 unspecified atom stereocenters. The Kier molecular flexibility index (Phi) is 5.28. The fourth-order valence-electron chi connectivity index (χ4n) is 2.44. The maximum Gasteiger partial charge on any atom is 0.247 e. The van der Waals surface area contributed by atoms with Crippen LogP contribution in [0.5, 0.6) is 0 Å². The number of halogens is 1. The maximum absolute atomic E-state index is 12.6. The average Bonchev–Trinajstić information content (AvgIpc) is 2.96. The summed E-state index contributed by atoms with van der Waals surface area (Å²) in [5.74, 6) is 0.635. The van der Waals surface area contributed by atoms with Crippen LogP contribution in [0.4, 0.5) is 0 Å². The minimum absolute atomic E-state index is 0.0588. The Balaban J connectivity index is 2.19. The van der Waals surface area contributed by atoms with Crippen LogP contribution in [0.1, 0.15) is 38.9 Å². The van der Waals surface area contributed by atoms with Crippen molar-refractivity contribution in [2.45, 2.75) is 50.6 Å². The van der Waals surface area contributed by atoms with Gasteiger partial charge in [0.05, 0.1) is 6.54 Å². The summed E-state index contributed by atoms with van der Waals surface area (Å²) in [5, 5.41) is 3.20. The summed E-state index contributed by atoms with van der Waals surface area (Å²) in [7, 11) is -3.46. The molecule has 20 heavy (non-hydrogen) atoms. The molecule has 1 N–H and O–H groups in total. The van der Waals surface area contributed by atoms with E-state index in [-0.39, 0.29) is 10.9 Å². The molecule has 5 nitrogen and oxygen atoms in total. The van der Waals surface area contributed by atoms with E-state index in [9.17, 15) is 8.42 Å². The van der Waals surface area contributed by atoms with Gasteiger partial charge in [-0.15, -0.1) is 0 Å². The largest absolute Gasteiger partial charge is 0.452 e. The van der Waals surface area contributed by atoms with E-state index >= 15 is 0 Å². The van der Waals surface area contributed by atoms with Crippen molar-refractivity contribution in [3.63, 3.8) is 0 Å². The zero-order valence-corrected chi connectivity index (χ0v) is 14.3. The number of nitrogens with zero attached hydrogens (tertiary/aromatic N) is 1. The SMILES string of the molecule is CCCNCc1cc(S(=O)(=O)N2CCCC2C)c(Br)o1. The molecule has 0 radical (unpaired) electrons. The molecule has 2 heterocycles. The van der Waals surface area contributed by atoms with E-state index in [0.29, 0.717) is 23.5 Å². The Morgan fingerprint density at radius 2 is 2.30 bits per heavy atom. The van der Waals surface area contributed by atoms with E-state index < -0.39 is 10.0 Å². The fraction of sp³-hybridized carbons (Fsp3) is 0.692. The second-order valence-electron chi connectivity index (χ2n) is 5.13. The van der Waals surface area contributed by atoms with Crippen LogP contribution in [0.25, 0.3) is 0 Å². The van der Waals surface area contributed by atoms with Gasteiger partial charge < -0.3 is 9.73 Å². The molecule has 0 spiro atoms. The van der Waals surface area contributed by atoms with Gasteiger partial charge in [-0.3, -0.25) is 0 Å². The van der Waals surface area contributed by atoms with E-state index in [0.717, 1.165) is 25.8 Å². The van der Waals surface area contributed by atoms with Crippen molar-refractivity contribution in [3.8, 4) is 0 Å². The van der Waals surface area contributed by atoms with E-state index in [1.807, 2.05) is 6.92 Å². The predicted octanol–water partition coefficient (Wildman–Crippen LogP) is 2.71. The lowest BCUT2D eigenvalue weighted by Gasteiger charge is -2.19. The number of rotatable bonds is 6. The lowest BCUT2D eigenvalue weighted by Crippen LogP contribution is -2.33. The fourth-order valence-corrected chi connectivity index (χ4v) is 5.10. The molecular formula is C13H21BrN2O3S. The van der Waals surface area contributed by atoms with Crippen molar-refractivity contribution in [1.29, 1.82) is 0 Å². The summed E-state index contributed by atoms with van der Waals surface area (Å²) < 4.78 is 32.6. The Bertz CT molecular complexity index is 556. The molecule has 0 aromatic carbocycles. The standard InChI is InChI=1S/C13H21BrN2O3S/c1-3-6-15-9-11-8-12(13(14)19-11)20(17,18)16-7-4-5-10(16)2/h8,10,15H,3-7,9H2,1-2H3. The van der Waals surface area contributed by atoms with Crippen LogP contribution >= 0.6 is 15.9 Å². The number of nitrogens with one attached hydrogen (secondary N) is 1. The molecule has 1 aromatic rings. The molecule has 1 saturated heterocycles. The highest BCUT2D eigenvalue weighted by Crippen LogP contribution is 2.32. The monoisotopic (exact) mass is 364 g/mol. The second kappa shape index (κ2) is 6.60. The highest BCUT2D eigenvalue weighted by Gasteiger charge is 2.35. The average molecular weight is 365 g/mol. The van der Waals surface area contributed by atoms with Crippen LogP contribution in [-0.4, -0.2) is 31.9 Å². The minimum atomic E-state index is -3.46. The first-order chi connectivity index (χ1) is 9.46. The third-order valence-electron chi connectivity index (χ3n) is 3.51. The molecule has 0 bridgehead atoms. The Labute approximate surface area is 128 Å². The number of furan rings is 1. The highest BCUT2D eigenvalue weighted by atomic mass is 79.9. The van der Waals surface area contributed by atoms with Crippen LogP contribution < -0.4 is 5.32 Å². The molecule has 2 rings (SSSR count). The van der Waals surface area contributed by atoms with Crippen LogP contribution in [0.3, 0.4) is 0 Å². The molecule has 0 saturated carbocycles. The zero-order chi connectivity index (χ0) is 14.8. The zero-order valence-electron chi connectivity index (χ0n) is 11.9. The number of hydrogen-bond acceptors (Lipinski definition) is 4. The summed E-state index contributed by atoms with van der Waals surface area (Å²) in [6.07, 6.45) is 2.86. The van der Waals surface area contributed by atoms with Gasteiger partial charge in [-0.2, -0.15) is 4.31 Å². The second-order valence-corrected chi connectivity index (χ2v) is 7.71. The van der Waals surface area contributed by atoms with Crippen LogP contribution in [0.15, 0.2) is 20.0 Å². The number of sulfonamides is 1. The van der Waals surface area contributed by atoms with Crippen LogP contribution in [0, 0.1) is 0 Å². The summed E-state index contributed by atoms with van der Waals surface area (Å²) in [6.45, 7) is 6.03. The highest BCUT2D eigenvalue weighted by molar-refractivity contribution is 9.10. The predicted molar refractivity (Wildman–Crippen MR) is 81.0 cm³/mol. The van der Waals surface area contributed by atoms with Gasteiger partial charge in [0.15, 0.2) is 4.67 Å². The lowest BCUT2D eigenvalue weighted by atomic mass is 10.3. The van der Waals surface area contributed by atoms with Crippen molar-refractivity contribution in [2.24, 2.45) is 0 Å². The van der Waals surface area contributed by atoms with E-state index in [1.54, 1.807) is 10.4 Å². The molecule has 1 aliphatic rings. The summed E-state index contributed by atoms with van der Waals surface area (Å²) in [5.41, 5.74) is 0.